The van der Waals surface area contributed by atoms with E-state index in [2.05, 4.69) is 17.1 Å². The molecule has 0 bridgehead atoms. The Hall–Kier alpha value is -2.18. The minimum atomic E-state index is -1.30. The molecule has 1 saturated heterocycles. The van der Waals surface area contributed by atoms with E-state index in [1.54, 1.807) is 6.20 Å². The molecule has 0 radical (unpaired) electrons. The van der Waals surface area contributed by atoms with Crippen molar-refractivity contribution in [3.05, 3.63) is 54.1 Å². The lowest BCUT2D eigenvalue weighted by Gasteiger charge is -2.40. The van der Waals surface area contributed by atoms with Crippen molar-refractivity contribution in [2.45, 2.75) is 37.8 Å². The number of nitrogens with zero attached hydrogens (tertiary/aromatic N) is 4. The number of likely N-dealkylation sites (tertiary alicyclic amines) is 1. The smallest absolute Gasteiger partial charge is 0.255 e. The van der Waals surface area contributed by atoms with E-state index in [1.165, 1.54) is 5.56 Å². The third kappa shape index (κ3) is 4.96. The SMILES string of the molecule is CN(Cc1nccn1C)CC1(O)CCCN(CCCc2ccccc2)C1=O. The molecule has 27 heavy (non-hydrogen) atoms. The molecular formula is C21H30N4O2. The van der Waals surface area contributed by atoms with E-state index < -0.39 is 5.60 Å². The number of imidazole rings is 1. The van der Waals surface area contributed by atoms with Crippen LogP contribution in [0.3, 0.4) is 0 Å². The molecule has 0 aliphatic carbocycles. The number of carbonyl (C=O) groups excluding carboxylic acids is 1. The zero-order valence-corrected chi connectivity index (χ0v) is 16.3. The summed E-state index contributed by atoms with van der Waals surface area (Å²) in [5, 5.41) is 11.0. The molecule has 1 atom stereocenters. The molecule has 6 nitrogen and oxygen atoms in total. The molecule has 1 fully saturated rings. The fourth-order valence-corrected chi connectivity index (χ4v) is 3.84. The molecule has 2 heterocycles. The highest BCUT2D eigenvalue weighted by molar-refractivity contribution is 5.86. The molecule has 0 saturated carbocycles. The van der Waals surface area contributed by atoms with Crippen molar-refractivity contribution in [1.29, 1.82) is 0 Å². The number of aryl methyl sites for hydroxylation is 2. The first-order valence-corrected chi connectivity index (χ1v) is 9.68. The summed E-state index contributed by atoms with van der Waals surface area (Å²) in [7, 11) is 3.87. The Bertz CT molecular complexity index is 746. The second-order valence-electron chi connectivity index (χ2n) is 7.64. The third-order valence-electron chi connectivity index (χ3n) is 5.30. The summed E-state index contributed by atoms with van der Waals surface area (Å²) in [5.41, 5.74) is -0.0164. The average Bonchev–Trinajstić information content (AvgIpc) is 3.04. The number of piperidine rings is 1. The summed E-state index contributed by atoms with van der Waals surface area (Å²) in [4.78, 5) is 21.1. The summed E-state index contributed by atoms with van der Waals surface area (Å²) in [6.07, 6.45) is 6.88. The highest BCUT2D eigenvalue weighted by Crippen LogP contribution is 2.24. The number of rotatable bonds is 8. The number of carbonyl (C=O) groups is 1. The van der Waals surface area contributed by atoms with Crippen molar-refractivity contribution in [2.75, 3.05) is 26.7 Å². The molecule has 2 aromatic rings. The highest BCUT2D eigenvalue weighted by Gasteiger charge is 2.42. The van der Waals surface area contributed by atoms with Crippen molar-refractivity contribution in [1.82, 2.24) is 19.4 Å². The van der Waals surface area contributed by atoms with Gasteiger partial charge in [-0.15, -0.1) is 0 Å². The Morgan fingerprint density at radius 2 is 2.07 bits per heavy atom. The molecule has 1 aliphatic rings. The van der Waals surface area contributed by atoms with E-state index >= 15 is 0 Å². The van der Waals surface area contributed by atoms with Gasteiger partial charge in [0.2, 0.25) is 0 Å². The van der Waals surface area contributed by atoms with Gasteiger partial charge in [-0.3, -0.25) is 9.69 Å². The molecule has 3 rings (SSSR count). The predicted molar refractivity (Wildman–Crippen MR) is 105 cm³/mol. The molecule has 1 amide bonds. The van der Waals surface area contributed by atoms with Gasteiger partial charge in [0.25, 0.3) is 5.91 Å². The van der Waals surface area contributed by atoms with Gasteiger partial charge < -0.3 is 14.6 Å². The lowest BCUT2D eigenvalue weighted by molar-refractivity contribution is -0.159. The van der Waals surface area contributed by atoms with Crippen LogP contribution in [0.1, 0.15) is 30.7 Å². The topological polar surface area (TPSA) is 61.6 Å². The van der Waals surface area contributed by atoms with Gasteiger partial charge in [-0.05, 0) is 38.3 Å². The minimum absolute atomic E-state index is 0.131. The fourth-order valence-electron chi connectivity index (χ4n) is 3.84. The molecule has 0 spiro atoms. The van der Waals surface area contributed by atoms with Crippen LogP contribution in [0.4, 0.5) is 0 Å². The maximum atomic E-state index is 12.9. The summed E-state index contributed by atoms with van der Waals surface area (Å²) in [5.74, 6) is 0.789. The van der Waals surface area contributed by atoms with Crippen molar-refractivity contribution in [2.24, 2.45) is 7.05 Å². The summed E-state index contributed by atoms with van der Waals surface area (Å²) in [6, 6.07) is 10.3. The Balaban J connectivity index is 1.53. The Morgan fingerprint density at radius 3 is 2.78 bits per heavy atom. The normalized spacial score (nSPS) is 20.4. The number of amides is 1. The quantitative estimate of drug-likeness (QED) is 0.770. The molecule has 6 heteroatoms. The van der Waals surface area contributed by atoms with Crippen LogP contribution in [0, 0.1) is 0 Å². The van der Waals surface area contributed by atoms with Crippen LogP contribution in [-0.4, -0.2) is 62.6 Å². The van der Waals surface area contributed by atoms with Crippen LogP contribution < -0.4 is 0 Å². The zero-order chi connectivity index (χ0) is 19.3. The van der Waals surface area contributed by atoms with Gasteiger partial charge in [0.15, 0.2) is 5.60 Å². The first-order valence-electron chi connectivity index (χ1n) is 9.68. The first kappa shape index (κ1) is 19.6. The molecule has 1 aromatic heterocycles. The molecular weight excluding hydrogens is 340 g/mol. The second-order valence-corrected chi connectivity index (χ2v) is 7.64. The van der Waals surface area contributed by atoms with Gasteiger partial charge in [0, 0.05) is 39.1 Å². The largest absolute Gasteiger partial charge is 0.379 e. The van der Waals surface area contributed by atoms with E-state index in [4.69, 9.17) is 0 Å². The van der Waals surface area contributed by atoms with E-state index in [0.717, 1.165) is 31.6 Å². The summed E-state index contributed by atoms with van der Waals surface area (Å²) < 4.78 is 1.96. The van der Waals surface area contributed by atoms with E-state index in [-0.39, 0.29) is 5.91 Å². The molecule has 1 aromatic carbocycles. The Morgan fingerprint density at radius 1 is 1.30 bits per heavy atom. The summed E-state index contributed by atoms with van der Waals surface area (Å²) in [6.45, 7) is 2.36. The lowest BCUT2D eigenvalue weighted by atomic mass is 9.91. The van der Waals surface area contributed by atoms with Crippen LogP contribution in [0.5, 0.6) is 0 Å². The maximum Gasteiger partial charge on any atom is 0.255 e. The Kier molecular flexibility index (Phi) is 6.29. The number of aromatic nitrogens is 2. The first-order chi connectivity index (χ1) is 13.0. The Labute approximate surface area is 161 Å². The molecule has 146 valence electrons. The maximum absolute atomic E-state index is 12.9. The van der Waals surface area contributed by atoms with Gasteiger partial charge in [0.05, 0.1) is 6.54 Å². The van der Waals surface area contributed by atoms with Gasteiger partial charge in [-0.2, -0.15) is 0 Å². The van der Waals surface area contributed by atoms with Gasteiger partial charge in [-0.1, -0.05) is 30.3 Å². The van der Waals surface area contributed by atoms with E-state index in [1.807, 2.05) is 52.9 Å². The van der Waals surface area contributed by atoms with Crippen LogP contribution in [0.2, 0.25) is 0 Å². The van der Waals surface area contributed by atoms with Gasteiger partial charge in [-0.25, -0.2) is 4.98 Å². The van der Waals surface area contributed by atoms with E-state index in [9.17, 15) is 9.90 Å². The summed E-state index contributed by atoms with van der Waals surface area (Å²) >= 11 is 0. The highest BCUT2D eigenvalue weighted by atomic mass is 16.3. The van der Waals surface area contributed by atoms with Crippen molar-refractivity contribution in [3.63, 3.8) is 0 Å². The van der Waals surface area contributed by atoms with Crippen molar-refractivity contribution >= 4 is 5.91 Å². The van der Waals surface area contributed by atoms with Gasteiger partial charge in [0.1, 0.15) is 5.82 Å². The van der Waals surface area contributed by atoms with Crippen LogP contribution in [0.15, 0.2) is 42.7 Å². The van der Waals surface area contributed by atoms with Gasteiger partial charge >= 0.3 is 0 Å². The van der Waals surface area contributed by atoms with Crippen LogP contribution in [0.25, 0.3) is 0 Å². The van der Waals surface area contributed by atoms with Crippen molar-refractivity contribution in [3.8, 4) is 0 Å². The third-order valence-corrected chi connectivity index (χ3v) is 5.30. The number of benzene rings is 1. The second kappa shape index (κ2) is 8.67. The standard InChI is InChI=1S/C21H30N4O2/c1-23(16-19-22-12-15-24(19)2)17-21(27)11-7-14-25(20(21)26)13-6-10-18-8-4-3-5-9-18/h3-5,8-9,12,15,27H,6-7,10-11,13-14,16-17H2,1-2H3. The van der Waals surface area contributed by atoms with Crippen molar-refractivity contribution < 1.29 is 9.90 Å². The number of aliphatic hydroxyl groups is 1. The van der Waals surface area contributed by atoms with E-state index in [0.29, 0.717) is 26.1 Å². The number of hydrogen-bond donors (Lipinski definition) is 1. The number of likely N-dealkylation sites (N-methyl/N-ethyl adjacent to an activating group) is 1. The predicted octanol–water partition coefficient (Wildman–Crippen LogP) is 1.84. The molecule has 1 N–H and O–H groups in total. The fraction of sp³-hybridized carbons (Fsp3) is 0.524. The zero-order valence-electron chi connectivity index (χ0n) is 16.3. The minimum Gasteiger partial charge on any atom is -0.379 e. The van der Waals surface area contributed by atoms with Crippen LogP contribution in [-0.2, 0) is 24.8 Å². The van der Waals surface area contributed by atoms with Crippen LogP contribution >= 0.6 is 0 Å². The monoisotopic (exact) mass is 370 g/mol. The number of hydrogen-bond acceptors (Lipinski definition) is 4. The lowest BCUT2D eigenvalue weighted by Crippen LogP contribution is -2.58. The average molecular weight is 370 g/mol. The molecule has 1 aliphatic heterocycles. The molecule has 1 unspecified atom stereocenters.